The molecule has 2 aromatic heterocycles. The third kappa shape index (κ3) is 5.11. The van der Waals surface area contributed by atoms with Crippen molar-refractivity contribution in [3.8, 4) is 11.3 Å². The van der Waals surface area contributed by atoms with Gasteiger partial charge in [-0.2, -0.15) is 5.10 Å². The van der Waals surface area contributed by atoms with Crippen LogP contribution in [0.3, 0.4) is 0 Å². The van der Waals surface area contributed by atoms with Crippen LogP contribution < -0.4 is 5.32 Å². The summed E-state index contributed by atoms with van der Waals surface area (Å²) in [5.41, 5.74) is 4.18. The largest absolute Gasteiger partial charge is 0.428 e. The summed E-state index contributed by atoms with van der Waals surface area (Å²) in [6.45, 7) is 0. The van der Waals surface area contributed by atoms with Crippen molar-refractivity contribution in [2.45, 2.75) is 12.8 Å². The molecule has 4 rings (SSSR count). The molecule has 0 aliphatic rings. The number of benzene rings is 2. The minimum absolute atomic E-state index is 0.257. The molecule has 0 radical (unpaired) electrons. The number of nitrogens with one attached hydrogen (secondary N) is 1. The molecule has 0 aliphatic heterocycles. The summed E-state index contributed by atoms with van der Waals surface area (Å²) < 4.78 is 20.0. The first kappa shape index (κ1) is 20.2. The van der Waals surface area contributed by atoms with Gasteiger partial charge < -0.3 is 9.73 Å². The Kier molecular flexibility index (Phi) is 5.98. The van der Waals surface area contributed by atoms with Crippen molar-refractivity contribution in [3.05, 3.63) is 90.0 Å². The summed E-state index contributed by atoms with van der Waals surface area (Å²) in [4.78, 5) is 12.3. The number of hydrogen-bond acceptors (Lipinski definition) is 5. The van der Waals surface area contributed by atoms with Gasteiger partial charge in [-0.15, -0.1) is 10.2 Å². The smallest absolute Gasteiger partial charge is 0.248 e. The number of carbonyl (C=O) groups is 1. The van der Waals surface area contributed by atoms with Crippen LogP contribution in [0, 0.1) is 5.82 Å². The SMILES string of the molecule is Cn1ncc(/C=C/C(=O)Nc2ccc(CCc3nnco3)cc2)c1-c1ccc(F)cc1. The molecule has 0 aliphatic carbocycles. The summed E-state index contributed by atoms with van der Waals surface area (Å²) in [5.74, 6) is 0.0356. The second-order valence-electron chi connectivity index (χ2n) is 6.93. The Labute approximate surface area is 178 Å². The topological polar surface area (TPSA) is 85.8 Å². The molecular formula is C23H20FN5O2. The molecular weight excluding hydrogens is 397 g/mol. The molecule has 0 spiro atoms. The fourth-order valence-corrected chi connectivity index (χ4v) is 3.20. The van der Waals surface area contributed by atoms with Gasteiger partial charge in [-0.1, -0.05) is 12.1 Å². The lowest BCUT2D eigenvalue weighted by Gasteiger charge is -2.05. The number of amides is 1. The number of aromatic nitrogens is 4. The first-order valence-corrected chi connectivity index (χ1v) is 9.69. The third-order valence-electron chi connectivity index (χ3n) is 4.75. The van der Waals surface area contributed by atoms with E-state index in [0.717, 1.165) is 28.8 Å². The molecule has 2 aromatic carbocycles. The number of rotatable bonds is 7. The van der Waals surface area contributed by atoms with E-state index in [-0.39, 0.29) is 11.7 Å². The van der Waals surface area contributed by atoms with Gasteiger partial charge in [0.1, 0.15) is 5.82 Å². The van der Waals surface area contributed by atoms with Crippen LogP contribution in [0.5, 0.6) is 0 Å². The zero-order valence-corrected chi connectivity index (χ0v) is 16.8. The summed E-state index contributed by atoms with van der Waals surface area (Å²) in [5, 5.41) is 14.6. The molecule has 31 heavy (non-hydrogen) atoms. The van der Waals surface area contributed by atoms with Crippen molar-refractivity contribution in [1.29, 1.82) is 0 Å². The summed E-state index contributed by atoms with van der Waals surface area (Å²) in [6, 6.07) is 13.8. The molecule has 1 amide bonds. The number of nitrogens with zero attached hydrogens (tertiary/aromatic N) is 4. The minimum atomic E-state index is -0.303. The van der Waals surface area contributed by atoms with E-state index in [1.807, 2.05) is 24.3 Å². The first-order chi connectivity index (χ1) is 15.1. The lowest BCUT2D eigenvalue weighted by atomic mass is 10.1. The highest BCUT2D eigenvalue weighted by atomic mass is 19.1. The second kappa shape index (κ2) is 9.17. The van der Waals surface area contributed by atoms with Gasteiger partial charge in [-0.25, -0.2) is 4.39 Å². The van der Waals surface area contributed by atoms with Gasteiger partial charge in [0.05, 0.1) is 11.9 Å². The maximum absolute atomic E-state index is 13.2. The number of carbonyl (C=O) groups excluding carboxylic acids is 1. The van der Waals surface area contributed by atoms with Crippen molar-refractivity contribution < 1.29 is 13.6 Å². The monoisotopic (exact) mass is 417 g/mol. The molecule has 8 heteroatoms. The molecule has 1 N–H and O–H groups in total. The molecule has 0 fully saturated rings. The lowest BCUT2D eigenvalue weighted by Crippen LogP contribution is -2.07. The van der Waals surface area contributed by atoms with Crippen LogP contribution in [0.4, 0.5) is 10.1 Å². The van der Waals surface area contributed by atoms with Crippen molar-refractivity contribution >= 4 is 17.7 Å². The maximum Gasteiger partial charge on any atom is 0.248 e. The fourth-order valence-electron chi connectivity index (χ4n) is 3.20. The zero-order valence-electron chi connectivity index (χ0n) is 16.8. The van der Waals surface area contributed by atoms with E-state index in [1.54, 1.807) is 36.1 Å². The average Bonchev–Trinajstić information content (AvgIpc) is 3.42. The van der Waals surface area contributed by atoms with Crippen LogP contribution in [0.1, 0.15) is 17.0 Å². The fraction of sp³-hybridized carbons (Fsp3) is 0.130. The number of halogens is 1. The molecule has 7 nitrogen and oxygen atoms in total. The summed E-state index contributed by atoms with van der Waals surface area (Å²) in [6.07, 6.45) is 7.56. The highest BCUT2D eigenvalue weighted by Crippen LogP contribution is 2.24. The van der Waals surface area contributed by atoms with E-state index < -0.39 is 0 Å². The van der Waals surface area contributed by atoms with Crippen molar-refractivity contribution in [1.82, 2.24) is 20.0 Å². The molecule has 0 unspecified atom stereocenters. The molecule has 4 aromatic rings. The van der Waals surface area contributed by atoms with Crippen molar-refractivity contribution in [3.63, 3.8) is 0 Å². The Hall–Kier alpha value is -4.07. The van der Waals surface area contributed by atoms with E-state index in [4.69, 9.17) is 4.42 Å². The van der Waals surface area contributed by atoms with Gasteiger partial charge in [0.2, 0.25) is 18.2 Å². The van der Waals surface area contributed by atoms with Gasteiger partial charge >= 0.3 is 0 Å². The van der Waals surface area contributed by atoms with Crippen LogP contribution in [0.15, 0.2) is 71.6 Å². The van der Waals surface area contributed by atoms with E-state index in [9.17, 15) is 9.18 Å². The number of hydrogen-bond donors (Lipinski definition) is 1. The predicted molar refractivity (Wildman–Crippen MR) is 114 cm³/mol. The second-order valence-corrected chi connectivity index (χ2v) is 6.93. The molecule has 0 saturated carbocycles. The highest BCUT2D eigenvalue weighted by molar-refractivity contribution is 6.02. The van der Waals surface area contributed by atoms with E-state index in [1.165, 1.54) is 24.6 Å². The standard InChI is InChI=1S/C23H20FN5O2/c1-29-23(17-5-8-19(24)9-6-17)18(14-26-29)7-12-21(30)27-20-10-2-16(3-11-20)4-13-22-28-25-15-31-22/h2-3,5-12,14-15H,4,13H2,1H3,(H,27,30)/b12-7+. The average molecular weight is 417 g/mol. The summed E-state index contributed by atoms with van der Waals surface area (Å²) >= 11 is 0. The third-order valence-corrected chi connectivity index (χ3v) is 4.75. The van der Waals surface area contributed by atoms with Gasteiger partial charge in [0.15, 0.2) is 0 Å². The molecule has 156 valence electrons. The van der Waals surface area contributed by atoms with Gasteiger partial charge in [-0.05, 0) is 54.5 Å². The van der Waals surface area contributed by atoms with E-state index in [2.05, 4.69) is 20.6 Å². The van der Waals surface area contributed by atoms with Crippen molar-refractivity contribution in [2.24, 2.45) is 7.05 Å². The van der Waals surface area contributed by atoms with Crippen LogP contribution in [0.2, 0.25) is 0 Å². The molecule has 2 heterocycles. The zero-order chi connectivity index (χ0) is 21.6. The van der Waals surface area contributed by atoms with Gasteiger partial charge in [-0.3, -0.25) is 9.48 Å². The quantitative estimate of drug-likeness (QED) is 0.459. The van der Waals surface area contributed by atoms with E-state index in [0.29, 0.717) is 18.0 Å². The Morgan fingerprint density at radius 2 is 1.90 bits per heavy atom. The predicted octanol–water partition coefficient (Wildman–Crippen LogP) is 4.05. The minimum Gasteiger partial charge on any atom is -0.428 e. The molecule has 0 bridgehead atoms. The first-order valence-electron chi connectivity index (χ1n) is 9.69. The Balaban J connectivity index is 1.38. The van der Waals surface area contributed by atoms with Crippen LogP contribution in [0.25, 0.3) is 17.3 Å². The lowest BCUT2D eigenvalue weighted by molar-refractivity contribution is -0.111. The summed E-state index contributed by atoms with van der Waals surface area (Å²) in [7, 11) is 1.80. The number of aryl methyl sites for hydroxylation is 3. The number of anilines is 1. The normalized spacial score (nSPS) is 11.2. The Morgan fingerprint density at radius 1 is 1.13 bits per heavy atom. The Morgan fingerprint density at radius 3 is 2.61 bits per heavy atom. The van der Waals surface area contributed by atoms with Gasteiger partial charge in [0, 0.05) is 36.4 Å². The molecule has 0 saturated heterocycles. The highest BCUT2D eigenvalue weighted by Gasteiger charge is 2.09. The van der Waals surface area contributed by atoms with E-state index >= 15 is 0 Å². The Bertz CT molecular complexity index is 1180. The van der Waals surface area contributed by atoms with Crippen LogP contribution >= 0.6 is 0 Å². The maximum atomic E-state index is 13.2. The van der Waals surface area contributed by atoms with Crippen LogP contribution in [-0.4, -0.2) is 25.9 Å². The van der Waals surface area contributed by atoms with Crippen molar-refractivity contribution in [2.75, 3.05) is 5.32 Å². The molecule has 0 atom stereocenters. The van der Waals surface area contributed by atoms with Crippen LogP contribution in [-0.2, 0) is 24.7 Å². The van der Waals surface area contributed by atoms with Gasteiger partial charge in [0.25, 0.3) is 0 Å².